The SMILES string of the molecule is Cc1cc(F)cc(F)c1OC1CC2(CC(NC(=O)c3cnn4cc(OCC(C)(C)O)ccc34)C2)C1. The number of nitrogens with zero attached hydrogens (tertiary/aromatic N) is 2. The molecule has 1 aromatic carbocycles. The van der Waals surface area contributed by atoms with Crippen molar-refractivity contribution in [3.63, 3.8) is 0 Å². The van der Waals surface area contributed by atoms with Gasteiger partial charge in [0.25, 0.3) is 5.91 Å². The van der Waals surface area contributed by atoms with E-state index in [0.717, 1.165) is 31.7 Å². The highest BCUT2D eigenvalue weighted by atomic mass is 19.1. The lowest BCUT2D eigenvalue weighted by molar-refractivity contribution is -0.0846. The van der Waals surface area contributed by atoms with Crippen molar-refractivity contribution in [2.75, 3.05) is 6.61 Å². The molecule has 9 heteroatoms. The van der Waals surface area contributed by atoms with Crippen LogP contribution in [0, 0.1) is 24.0 Å². The van der Waals surface area contributed by atoms with Crippen LogP contribution >= 0.6 is 0 Å². The van der Waals surface area contributed by atoms with E-state index in [1.807, 2.05) is 0 Å². The smallest absolute Gasteiger partial charge is 0.255 e. The minimum absolute atomic E-state index is 0.0667. The van der Waals surface area contributed by atoms with Gasteiger partial charge in [-0.15, -0.1) is 0 Å². The highest BCUT2D eigenvalue weighted by molar-refractivity contribution is 6.00. The van der Waals surface area contributed by atoms with Crippen molar-refractivity contribution >= 4 is 11.4 Å². The van der Waals surface area contributed by atoms with Crippen molar-refractivity contribution in [3.05, 3.63) is 59.4 Å². The molecule has 5 rings (SSSR count). The first-order valence-corrected chi connectivity index (χ1v) is 11.8. The number of carbonyl (C=O) groups excluding carboxylic acids is 1. The Kier molecular flexibility index (Phi) is 5.70. The van der Waals surface area contributed by atoms with Gasteiger partial charge < -0.3 is 19.9 Å². The van der Waals surface area contributed by atoms with Gasteiger partial charge in [-0.3, -0.25) is 4.79 Å². The van der Waals surface area contributed by atoms with E-state index in [4.69, 9.17) is 9.47 Å². The van der Waals surface area contributed by atoms with Gasteiger partial charge in [-0.1, -0.05) is 0 Å². The monoisotopic (exact) mass is 485 g/mol. The van der Waals surface area contributed by atoms with Gasteiger partial charge in [0.2, 0.25) is 0 Å². The zero-order chi connectivity index (χ0) is 25.0. The first-order valence-electron chi connectivity index (χ1n) is 11.8. The summed E-state index contributed by atoms with van der Waals surface area (Å²) in [5.74, 6) is -0.793. The minimum atomic E-state index is -0.951. The quantitative estimate of drug-likeness (QED) is 0.524. The molecule has 0 saturated heterocycles. The maximum Gasteiger partial charge on any atom is 0.255 e. The predicted molar refractivity (Wildman–Crippen MR) is 125 cm³/mol. The molecule has 0 unspecified atom stereocenters. The van der Waals surface area contributed by atoms with Gasteiger partial charge in [0.05, 0.1) is 35.2 Å². The van der Waals surface area contributed by atoms with Gasteiger partial charge in [-0.05, 0) is 75.6 Å². The molecule has 2 saturated carbocycles. The standard InChI is InChI=1S/C26H29F2N3O4/c1-15-6-16(27)7-21(28)23(15)35-19-10-26(11-19)8-17(9-26)30-24(32)20-12-29-31-13-18(4-5-22(20)31)34-14-25(2,3)33/h4-7,12-13,17,19,33H,8-11,14H2,1-3H3,(H,30,32). The summed E-state index contributed by atoms with van der Waals surface area (Å²) in [6.07, 6.45) is 6.38. The highest BCUT2D eigenvalue weighted by Gasteiger charge is 2.54. The number of fused-ring (bicyclic) bond motifs is 1. The number of benzene rings is 1. The van der Waals surface area contributed by atoms with Crippen molar-refractivity contribution in [2.45, 2.75) is 64.2 Å². The zero-order valence-electron chi connectivity index (χ0n) is 20.0. The molecule has 0 bridgehead atoms. The van der Waals surface area contributed by atoms with Crippen LogP contribution in [0.5, 0.6) is 11.5 Å². The second-order valence-electron chi connectivity index (χ2n) is 10.6. The molecular weight excluding hydrogens is 456 g/mol. The topological polar surface area (TPSA) is 85.1 Å². The minimum Gasteiger partial charge on any atom is -0.489 e. The summed E-state index contributed by atoms with van der Waals surface area (Å²) in [5, 5.41) is 17.2. The Hall–Kier alpha value is -3.20. The number of aryl methyl sites for hydroxylation is 1. The van der Waals surface area contributed by atoms with Gasteiger partial charge >= 0.3 is 0 Å². The fourth-order valence-electron chi connectivity index (χ4n) is 5.16. The Morgan fingerprint density at radius 1 is 1.26 bits per heavy atom. The van der Waals surface area contributed by atoms with E-state index in [1.165, 1.54) is 12.3 Å². The van der Waals surface area contributed by atoms with Crippen LogP contribution in [-0.2, 0) is 0 Å². The molecular formula is C26H29F2N3O4. The molecule has 186 valence electrons. The second-order valence-corrected chi connectivity index (χ2v) is 10.6. The molecule has 35 heavy (non-hydrogen) atoms. The van der Waals surface area contributed by atoms with E-state index in [2.05, 4.69) is 10.4 Å². The first kappa shape index (κ1) is 23.5. The van der Waals surface area contributed by atoms with E-state index in [9.17, 15) is 18.7 Å². The number of aromatic nitrogens is 2. The molecule has 2 heterocycles. The molecule has 2 N–H and O–H groups in total. The molecule has 3 aromatic rings. The van der Waals surface area contributed by atoms with E-state index in [-0.39, 0.29) is 35.8 Å². The number of pyridine rings is 1. The summed E-state index contributed by atoms with van der Waals surface area (Å²) in [6.45, 7) is 5.10. The van der Waals surface area contributed by atoms with Crippen LogP contribution in [0.25, 0.3) is 5.52 Å². The molecule has 7 nitrogen and oxygen atoms in total. The average Bonchev–Trinajstić information content (AvgIpc) is 3.13. The van der Waals surface area contributed by atoms with Crippen molar-refractivity contribution in [1.82, 2.24) is 14.9 Å². The maximum absolute atomic E-state index is 14.0. The normalized spacial score (nSPS) is 23.6. The number of aliphatic hydroxyl groups is 1. The lowest BCUT2D eigenvalue weighted by Gasteiger charge is -2.57. The van der Waals surface area contributed by atoms with Crippen molar-refractivity contribution in [3.8, 4) is 11.5 Å². The zero-order valence-corrected chi connectivity index (χ0v) is 20.0. The van der Waals surface area contributed by atoms with E-state index in [0.29, 0.717) is 22.4 Å². The molecule has 1 spiro atoms. The van der Waals surface area contributed by atoms with Gasteiger partial charge in [-0.2, -0.15) is 5.10 Å². The Morgan fingerprint density at radius 3 is 2.69 bits per heavy atom. The molecule has 0 radical (unpaired) electrons. The number of hydrogen-bond acceptors (Lipinski definition) is 5. The van der Waals surface area contributed by atoms with Crippen molar-refractivity contribution < 1.29 is 28.2 Å². The number of halogens is 2. The summed E-state index contributed by atoms with van der Waals surface area (Å²) >= 11 is 0. The Balaban J connectivity index is 1.13. The molecule has 0 atom stereocenters. The van der Waals surface area contributed by atoms with E-state index in [1.54, 1.807) is 43.6 Å². The summed E-state index contributed by atoms with van der Waals surface area (Å²) in [6, 6.07) is 5.70. The third-order valence-corrected chi connectivity index (χ3v) is 6.82. The number of nitrogens with one attached hydrogen (secondary N) is 1. The van der Waals surface area contributed by atoms with Gasteiger partial charge in [0, 0.05) is 12.1 Å². The van der Waals surface area contributed by atoms with Crippen LogP contribution in [0.15, 0.2) is 36.7 Å². The predicted octanol–water partition coefficient (Wildman–Crippen LogP) is 4.19. The van der Waals surface area contributed by atoms with Crippen LogP contribution in [0.3, 0.4) is 0 Å². The van der Waals surface area contributed by atoms with Crippen LogP contribution in [0.2, 0.25) is 0 Å². The third kappa shape index (κ3) is 4.82. The molecule has 2 aliphatic carbocycles. The third-order valence-electron chi connectivity index (χ3n) is 6.82. The summed E-state index contributed by atoms with van der Waals surface area (Å²) in [5.41, 5.74) is 0.762. The number of ether oxygens (including phenoxy) is 2. The Morgan fingerprint density at radius 2 is 2.00 bits per heavy atom. The summed E-state index contributed by atoms with van der Waals surface area (Å²) in [4.78, 5) is 12.9. The fourth-order valence-corrected chi connectivity index (χ4v) is 5.16. The van der Waals surface area contributed by atoms with Crippen LogP contribution in [-0.4, -0.2) is 45.0 Å². The Bertz CT molecular complexity index is 1250. The molecule has 2 aliphatic rings. The van der Waals surface area contributed by atoms with Gasteiger partial charge in [-0.25, -0.2) is 13.3 Å². The highest BCUT2D eigenvalue weighted by Crippen LogP contribution is 2.57. The average molecular weight is 486 g/mol. The Labute approximate surface area is 202 Å². The number of amides is 1. The lowest BCUT2D eigenvalue weighted by atomic mass is 9.53. The molecule has 1 amide bonds. The van der Waals surface area contributed by atoms with Crippen molar-refractivity contribution in [2.24, 2.45) is 5.41 Å². The van der Waals surface area contributed by atoms with Crippen LogP contribution < -0.4 is 14.8 Å². The molecule has 0 aliphatic heterocycles. The number of carbonyl (C=O) groups is 1. The lowest BCUT2D eigenvalue weighted by Crippen LogP contribution is -2.58. The maximum atomic E-state index is 14.0. The molecule has 2 fully saturated rings. The number of hydrogen-bond donors (Lipinski definition) is 2. The number of rotatable bonds is 7. The van der Waals surface area contributed by atoms with E-state index >= 15 is 0 Å². The second kappa shape index (κ2) is 8.48. The van der Waals surface area contributed by atoms with Crippen LogP contribution in [0.4, 0.5) is 8.78 Å². The summed E-state index contributed by atoms with van der Waals surface area (Å²) in [7, 11) is 0. The van der Waals surface area contributed by atoms with Gasteiger partial charge in [0.15, 0.2) is 11.6 Å². The van der Waals surface area contributed by atoms with Crippen LogP contribution in [0.1, 0.15) is 55.5 Å². The van der Waals surface area contributed by atoms with E-state index < -0.39 is 17.2 Å². The molecule has 2 aromatic heterocycles. The van der Waals surface area contributed by atoms with Gasteiger partial charge in [0.1, 0.15) is 18.2 Å². The van der Waals surface area contributed by atoms with Crippen molar-refractivity contribution in [1.29, 1.82) is 0 Å². The first-order chi connectivity index (χ1) is 16.5. The largest absolute Gasteiger partial charge is 0.489 e. The fraction of sp³-hybridized carbons (Fsp3) is 0.462. The summed E-state index contributed by atoms with van der Waals surface area (Å²) < 4.78 is 40.3.